The molecule has 1 amide bonds. The van der Waals surface area contributed by atoms with Crippen LogP contribution in [0, 0.1) is 11.3 Å². The van der Waals surface area contributed by atoms with Gasteiger partial charge in [-0.15, -0.1) is 0 Å². The molecule has 0 bridgehead atoms. The number of hydrogen-bond acceptors (Lipinski definition) is 5. The predicted molar refractivity (Wildman–Crippen MR) is 80.9 cm³/mol. The van der Waals surface area contributed by atoms with E-state index in [9.17, 15) is 14.9 Å². The molecule has 0 saturated heterocycles. The lowest BCUT2D eigenvalue weighted by atomic mass is 9.83. The average molecular weight is 369 g/mol. The number of furan rings is 1. The molecule has 7 heteroatoms. The zero-order valence-corrected chi connectivity index (χ0v) is 13.8. The highest BCUT2D eigenvalue weighted by Gasteiger charge is 2.35. The Morgan fingerprint density at radius 3 is 2.64 bits per heavy atom. The SMILES string of the molecule is C[C@@H](OC(=O)c1ccc(Br)o1)C(=O)NC1(C#N)CCCCC1. The van der Waals surface area contributed by atoms with Gasteiger partial charge in [-0.3, -0.25) is 4.79 Å². The lowest BCUT2D eigenvalue weighted by Gasteiger charge is -2.32. The molecule has 1 N–H and O–H groups in total. The van der Waals surface area contributed by atoms with Crippen molar-refractivity contribution in [3.05, 3.63) is 22.6 Å². The van der Waals surface area contributed by atoms with Gasteiger partial charge in [0, 0.05) is 0 Å². The number of nitrogens with zero attached hydrogens (tertiary/aromatic N) is 1. The number of rotatable bonds is 4. The summed E-state index contributed by atoms with van der Waals surface area (Å²) in [4.78, 5) is 24.0. The summed E-state index contributed by atoms with van der Waals surface area (Å²) in [5.41, 5.74) is -0.844. The largest absolute Gasteiger partial charge is 0.447 e. The van der Waals surface area contributed by atoms with Crippen LogP contribution in [0.4, 0.5) is 0 Å². The molecule has 1 heterocycles. The van der Waals surface area contributed by atoms with Crippen molar-refractivity contribution >= 4 is 27.8 Å². The molecule has 6 nitrogen and oxygen atoms in total. The van der Waals surface area contributed by atoms with Gasteiger partial charge in [0.05, 0.1) is 6.07 Å². The monoisotopic (exact) mass is 368 g/mol. The summed E-state index contributed by atoms with van der Waals surface area (Å²) < 4.78 is 10.5. The third-order valence-electron chi connectivity index (χ3n) is 3.71. The molecule has 1 aromatic rings. The van der Waals surface area contributed by atoms with Crippen molar-refractivity contribution in [2.75, 3.05) is 0 Å². The van der Waals surface area contributed by atoms with Gasteiger partial charge in [-0.05, 0) is 47.8 Å². The quantitative estimate of drug-likeness (QED) is 0.824. The van der Waals surface area contributed by atoms with Crippen molar-refractivity contribution in [1.29, 1.82) is 5.26 Å². The molecular weight excluding hydrogens is 352 g/mol. The maximum Gasteiger partial charge on any atom is 0.375 e. The number of ether oxygens (including phenoxy) is 1. The fourth-order valence-corrected chi connectivity index (χ4v) is 2.76. The van der Waals surface area contributed by atoms with Crippen LogP contribution in [0.15, 0.2) is 21.2 Å². The number of hydrogen-bond donors (Lipinski definition) is 1. The summed E-state index contributed by atoms with van der Waals surface area (Å²) in [6, 6.07) is 5.21. The summed E-state index contributed by atoms with van der Waals surface area (Å²) >= 11 is 3.09. The molecule has 1 atom stereocenters. The minimum absolute atomic E-state index is 0.0131. The maximum atomic E-state index is 12.2. The standard InChI is InChI=1S/C15H17BrN2O4/c1-10(21-14(20)11-5-6-12(16)22-11)13(19)18-15(9-17)7-3-2-4-8-15/h5-6,10H,2-4,7-8H2,1H3,(H,18,19)/t10-/m1/s1. The highest BCUT2D eigenvalue weighted by Crippen LogP contribution is 2.27. The van der Waals surface area contributed by atoms with Gasteiger partial charge >= 0.3 is 5.97 Å². The summed E-state index contributed by atoms with van der Waals surface area (Å²) in [6.07, 6.45) is 3.13. The van der Waals surface area contributed by atoms with E-state index in [-0.39, 0.29) is 5.76 Å². The highest BCUT2D eigenvalue weighted by atomic mass is 79.9. The zero-order valence-electron chi connectivity index (χ0n) is 12.2. The number of esters is 1. The van der Waals surface area contributed by atoms with E-state index in [4.69, 9.17) is 9.15 Å². The van der Waals surface area contributed by atoms with Crippen LogP contribution in [0.1, 0.15) is 49.6 Å². The number of nitrogens with one attached hydrogen (secondary N) is 1. The molecule has 0 spiro atoms. The van der Waals surface area contributed by atoms with Crippen molar-refractivity contribution in [2.24, 2.45) is 0 Å². The fourth-order valence-electron chi connectivity index (χ4n) is 2.45. The Morgan fingerprint density at radius 2 is 2.09 bits per heavy atom. The molecule has 1 fully saturated rings. The Kier molecular flexibility index (Phi) is 5.24. The van der Waals surface area contributed by atoms with Crippen molar-refractivity contribution < 1.29 is 18.7 Å². The van der Waals surface area contributed by atoms with E-state index in [1.807, 2.05) is 0 Å². The third-order valence-corrected chi connectivity index (χ3v) is 4.14. The lowest BCUT2D eigenvalue weighted by Crippen LogP contribution is -2.52. The topological polar surface area (TPSA) is 92.3 Å². The van der Waals surface area contributed by atoms with Crippen molar-refractivity contribution in [3.63, 3.8) is 0 Å². The van der Waals surface area contributed by atoms with Crippen LogP contribution in [-0.4, -0.2) is 23.5 Å². The Balaban J connectivity index is 1.94. The molecule has 0 radical (unpaired) electrons. The van der Waals surface area contributed by atoms with Gasteiger partial charge < -0.3 is 14.5 Å². The van der Waals surface area contributed by atoms with Gasteiger partial charge in [0.25, 0.3) is 5.91 Å². The van der Waals surface area contributed by atoms with Crippen LogP contribution >= 0.6 is 15.9 Å². The molecule has 1 aliphatic carbocycles. The van der Waals surface area contributed by atoms with Crippen LogP contribution in [0.2, 0.25) is 0 Å². The highest BCUT2D eigenvalue weighted by molar-refractivity contribution is 9.10. The maximum absolute atomic E-state index is 12.2. The fraction of sp³-hybridized carbons (Fsp3) is 0.533. The first-order chi connectivity index (χ1) is 10.5. The molecule has 1 saturated carbocycles. The zero-order chi connectivity index (χ0) is 16.2. The van der Waals surface area contributed by atoms with E-state index >= 15 is 0 Å². The summed E-state index contributed by atoms with van der Waals surface area (Å²) in [7, 11) is 0. The van der Waals surface area contributed by atoms with E-state index in [1.54, 1.807) is 6.07 Å². The first-order valence-corrected chi connectivity index (χ1v) is 7.95. The first kappa shape index (κ1) is 16.6. The van der Waals surface area contributed by atoms with Crippen LogP contribution in [0.5, 0.6) is 0 Å². The number of carbonyl (C=O) groups excluding carboxylic acids is 2. The normalized spacial score (nSPS) is 18.0. The molecular formula is C15H17BrN2O4. The molecule has 1 aromatic heterocycles. The van der Waals surface area contributed by atoms with Crippen LogP contribution < -0.4 is 5.32 Å². The Labute approximate surface area is 136 Å². The molecule has 2 rings (SSSR count). The summed E-state index contributed by atoms with van der Waals surface area (Å²) in [6.45, 7) is 1.47. The summed E-state index contributed by atoms with van der Waals surface area (Å²) in [5.74, 6) is -1.18. The lowest BCUT2D eigenvalue weighted by molar-refractivity contribution is -0.130. The molecule has 0 aliphatic heterocycles. The number of halogens is 1. The number of amides is 1. The molecule has 118 valence electrons. The van der Waals surface area contributed by atoms with E-state index in [0.717, 1.165) is 19.3 Å². The predicted octanol–water partition coefficient (Wildman–Crippen LogP) is 2.93. The van der Waals surface area contributed by atoms with Gasteiger partial charge in [0.2, 0.25) is 5.76 Å². The van der Waals surface area contributed by atoms with E-state index in [1.165, 1.54) is 13.0 Å². The minimum atomic E-state index is -0.997. The second-order valence-electron chi connectivity index (χ2n) is 5.40. The average Bonchev–Trinajstić information content (AvgIpc) is 2.94. The molecule has 1 aliphatic rings. The van der Waals surface area contributed by atoms with E-state index < -0.39 is 23.5 Å². The van der Waals surface area contributed by atoms with E-state index in [2.05, 4.69) is 27.3 Å². The molecule has 0 unspecified atom stereocenters. The smallest absolute Gasteiger partial charge is 0.375 e. The first-order valence-electron chi connectivity index (χ1n) is 7.15. The van der Waals surface area contributed by atoms with Gasteiger partial charge in [0.15, 0.2) is 10.8 Å². The van der Waals surface area contributed by atoms with Gasteiger partial charge in [-0.2, -0.15) is 5.26 Å². The Morgan fingerprint density at radius 1 is 1.41 bits per heavy atom. The van der Waals surface area contributed by atoms with Crippen LogP contribution in [-0.2, 0) is 9.53 Å². The minimum Gasteiger partial charge on any atom is -0.447 e. The third kappa shape index (κ3) is 3.89. The van der Waals surface area contributed by atoms with Crippen LogP contribution in [0.25, 0.3) is 0 Å². The van der Waals surface area contributed by atoms with Crippen molar-refractivity contribution in [3.8, 4) is 6.07 Å². The van der Waals surface area contributed by atoms with Crippen molar-refractivity contribution in [1.82, 2.24) is 5.32 Å². The Hall–Kier alpha value is -1.81. The number of carbonyl (C=O) groups is 2. The summed E-state index contributed by atoms with van der Waals surface area (Å²) in [5, 5.41) is 12.1. The van der Waals surface area contributed by atoms with Crippen LogP contribution in [0.3, 0.4) is 0 Å². The van der Waals surface area contributed by atoms with Gasteiger partial charge in [0.1, 0.15) is 5.54 Å². The molecule has 22 heavy (non-hydrogen) atoms. The molecule has 0 aromatic carbocycles. The van der Waals surface area contributed by atoms with Gasteiger partial charge in [-0.1, -0.05) is 19.3 Å². The van der Waals surface area contributed by atoms with Crippen molar-refractivity contribution in [2.45, 2.75) is 50.7 Å². The second-order valence-corrected chi connectivity index (χ2v) is 6.18. The second kappa shape index (κ2) is 6.97. The van der Waals surface area contributed by atoms with Gasteiger partial charge in [-0.25, -0.2) is 4.79 Å². The number of nitriles is 1. The Bertz CT molecular complexity index is 599. The van der Waals surface area contributed by atoms with E-state index in [0.29, 0.717) is 17.5 Å².